The minimum absolute atomic E-state index is 0.233. The van der Waals surface area contributed by atoms with E-state index < -0.39 is 0 Å². The summed E-state index contributed by atoms with van der Waals surface area (Å²) in [6.07, 6.45) is 13.8. The van der Waals surface area contributed by atoms with E-state index in [1.807, 2.05) is 24.3 Å². The smallest absolute Gasteiger partial charge is 0.142 e. The molecule has 202 valence electrons. The molecule has 1 aliphatic carbocycles. The Kier molecular flexibility index (Phi) is 34.0. The van der Waals surface area contributed by atoms with E-state index in [0.717, 1.165) is 82.9 Å². The molecular weight excluding hydrogens is 468 g/mol. The van der Waals surface area contributed by atoms with Gasteiger partial charge in [-0.3, -0.25) is 4.79 Å². The van der Waals surface area contributed by atoms with Gasteiger partial charge >= 0.3 is 0 Å². The van der Waals surface area contributed by atoms with Gasteiger partial charge in [-0.05, 0) is 81.5 Å². The summed E-state index contributed by atoms with van der Waals surface area (Å²) in [5.41, 5.74) is 0. The quantitative estimate of drug-likeness (QED) is 0.175. The van der Waals surface area contributed by atoms with Gasteiger partial charge < -0.3 is 28.9 Å². The third-order valence-corrected chi connectivity index (χ3v) is 4.87. The predicted molar refractivity (Wildman–Crippen MR) is 146 cm³/mol. The molecule has 8 heteroatoms. The van der Waals surface area contributed by atoms with Gasteiger partial charge in [0.25, 0.3) is 0 Å². The number of thiol groups is 1. The van der Waals surface area contributed by atoms with Crippen LogP contribution in [0.15, 0.2) is 36.9 Å². The Morgan fingerprint density at radius 1 is 0.829 bits per heavy atom. The Hall–Kier alpha value is -2.16. The molecule has 0 aromatic heterocycles. The molecule has 1 aliphatic rings. The Labute approximate surface area is 217 Å². The van der Waals surface area contributed by atoms with Gasteiger partial charge in [-0.1, -0.05) is 13.0 Å². The number of carbonyl (C=O) groups is 3. The monoisotopic (exact) mass is 514 g/mol. The van der Waals surface area contributed by atoms with E-state index in [1.54, 1.807) is 20.5 Å². The first-order chi connectivity index (χ1) is 17.1. The molecule has 0 amide bonds. The van der Waals surface area contributed by atoms with Crippen LogP contribution in [0.25, 0.3) is 0 Å². The van der Waals surface area contributed by atoms with E-state index in [9.17, 15) is 9.59 Å². The maximum atomic E-state index is 10.3. The molecule has 35 heavy (non-hydrogen) atoms. The maximum Gasteiger partial charge on any atom is 0.142 e. The van der Waals surface area contributed by atoms with E-state index in [0.29, 0.717) is 6.29 Å². The van der Waals surface area contributed by atoms with Gasteiger partial charge in [0, 0.05) is 32.7 Å². The Morgan fingerprint density at radius 3 is 1.57 bits per heavy atom. The van der Waals surface area contributed by atoms with Crippen molar-refractivity contribution in [2.24, 2.45) is 11.8 Å². The average molecular weight is 515 g/mol. The highest BCUT2D eigenvalue weighted by Gasteiger charge is 2.19. The topological polar surface area (TPSA) is 99.1 Å². The molecule has 1 aromatic carbocycles. The average Bonchev–Trinajstić information content (AvgIpc) is 2.95. The van der Waals surface area contributed by atoms with Crippen molar-refractivity contribution in [3.63, 3.8) is 0 Å². The summed E-state index contributed by atoms with van der Waals surface area (Å²) in [6.45, 7) is 4.75. The second-order valence-corrected chi connectivity index (χ2v) is 7.25. The summed E-state index contributed by atoms with van der Waals surface area (Å²) in [5.74, 6) is 2.23. The lowest BCUT2D eigenvalue weighted by Crippen LogP contribution is -2.15. The molecule has 0 unspecified atom stereocenters. The predicted octanol–water partition coefficient (Wildman–Crippen LogP) is 5.00. The minimum Gasteiger partial charge on any atom is -0.497 e. The summed E-state index contributed by atoms with van der Waals surface area (Å²) in [5, 5.41) is 7.00. The third kappa shape index (κ3) is 24.8. The van der Waals surface area contributed by atoms with Crippen molar-refractivity contribution < 1.29 is 33.7 Å². The van der Waals surface area contributed by atoms with Crippen molar-refractivity contribution in [1.29, 1.82) is 0 Å². The molecular formula is C27H46O7S. The molecule has 0 bridgehead atoms. The number of aliphatic hydroxyl groups is 1. The minimum atomic E-state index is 0.233. The molecule has 1 N–H and O–H groups in total. The van der Waals surface area contributed by atoms with Crippen molar-refractivity contribution >= 4 is 31.5 Å². The van der Waals surface area contributed by atoms with E-state index in [2.05, 4.69) is 19.2 Å². The number of carbonyl (C=O) groups excluding carboxylic acids is 3. The van der Waals surface area contributed by atoms with Gasteiger partial charge in [-0.15, -0.1) is 0 Å². The maximum absolute atomic E-state index is 10.3. The zero-order valence-electron chi connectivity index (χ0n) is 21.9. The molecule has 0 spiro atoms. The first-order valence-electron chi connectivity index (χ1n) is 11.8. The Balaban J connectivity index is -0.000000481. The molecule has 7 nitrogen and oxygen atoms in total. The lowest BCUT2D eigenvalue weighted by Gasteiger charge is -2.20. The molecule has 0 radical (unpaired) electrons. The fraction of sp³-hybridized carbons (Fsp3) is 0.593. The Bertz CT molecular complexity index is 564. The van der Waals surface area contributed by atoms with E-state index in [-0.39, 0.29) is 11.8 Å². The highest BCUT2D eigenvalue weighted by Crippen LogP contribution is 2.25. The zero-order valence-corrected chi connectivity index (χ0v) is 22.8. The van der Waals surface area contributed by atoms with Crippen molar-refractivity contribution in [1.82, 2.24) is 0 Å². The standard InChI is InChI=1S/C14H22O3.C8H12O2.C3H4O.CH4O.CH4S/c1-15-11-5-3-4-6-12-17-14-9-7-13(16-2)8-10-14;9-5-7-1-2-8(6-10)4-3-7;1-2-3-4;2*1-2/h7-10H,3-6,11-12H2,1-2H3;5-8H,1-4H2;2-3H,1H2;2*2H,1H3. The molecule has 2 rings (SSSR count). The lowest BCUT2D eigenvalue weighted by molar-refractivity contribution is -0.115. The molecule has 0 saturated heterocycles. The molecule has 1 fully saturated rings. The zero-order chi connectivity index (χ0) is 27.2. The van der Waals surface area contributed by atoms with Crippen molar-refractivity contribution in [3.8, 4) is 11.5 Å². The second kappa shape index (κ2) is 31.8. The van der Waals surface area contributed by atoms with Crippen LogP contribution in [0.4, 0.5) is 0 Å². The number of allylic oxidation sites excluding steroid dienone is 1. The number of rotatable bonds is 12. The summed E-state index contributed by atoms with van der Waals surface area (Å²) in [4.78, 5) is 29.6. The number of hydrogen-bond acceptors (Lipinski definition) is 8. The summed E-state index contributed by atoms with van der Waals surface area (Å²) in [7, 11) is 4.41. The first-order valence-corrected chi connectivity index (χ1v) is 12.7. The summed E-state index contributed by atoms with van der Waals surface area (Å²) >= 11 is 3.53. The van der Waals surface area contributed by atoms with Gasteiger partial charge in [-0.25, -0.2) is 0 Å². The van der Waals surface area contributed by atoms with Gasteiger partial charge in [0.15, 0.2) is 0 Å². The van der Waals surface area contributed by atoms with Crippen molar-refractivity contribution in [3.05, 3.63) is 36.9 Å². The lowest BCUT2D eigenvalue weighted by atomic mass is 9.84. The van der Waals surface area contributed by atoms with E-state index >= 15 is 0 Å². The van der Waals surface area contributed by atoms with E-state index in [4.69, 9.17) is 24.1 Å². The normalized spacial score (nSPS) is 15.4. The number of hydrogen-bond donors (Lipinski definition) is 2. The Morgan fingerprint density at radius 2 is 1.23 bits per heavy atom. The van der Waals surface area contributed by atoms with Crippen LogP contribution in [0.1, 0.15) is 51.4 Å². The fourth-order valence-corrected chi connectivity index (χ4v) is 2.98. The van der Waals surface area contributed by atoms with Crippen LogP contribution in [0.2, 0.25) is 0 Å². The van der Waals surface area contributed by atoms with Gasteiger partial charge in [0.2, 0.25) is 0 Å². The highest BCUT2D eigenvalue weighted by atomic mass is 32.1. The van der Waals surface area contributed by atoms with Gasteiger partial charge in [0.05, 0.1) is 13.7 Å². The number of aldehydes is 3. The highest BCUT2D eigenvalue weighted by molar-refractivity contribution is 7.79. The van der Waals surface area contributed by atoms with Crippen LogP contribution in [0, 0.1) is 11.8 Å². The van der Waals surface area contributed by atoms with Crippen LogP contribution < -0.4 is 9.47 Å². The number of ether oxygens (including phenoxy) is 3. The first kappa shape index (κ1) is 37.4. The largest absolute Gasteiger partial charge is 0.497 e. The molecule has 0 aliphatic heterocycles. The molecule has 1 aromatic rings. The molecule has 0 heterocycles. The number of unbranched alkanes of at least 4 members (excludes halogenated alkanes) is 3. The summed E-state index contributed by atoms with van der Waals surface area (Å²) < 4.78 is 15.7. The van der Waals surface area contributed by atoms with Crippen LogP contribution in [-0.2, 0) is 19.1 Å². The van der Waals surface area contributed by atoms with Gasteiger partial charge in [-0.2, -0.15) is 12.6 Å². The number of aliphatic hydroxyl groups excluding tert-OH is 1. The molecule has 1 saturated carbocycles. The van der Waals surface area contributed by atoms with Crippen LogP contribution in [0.3, 0.4) is 0 Å². The number of benzene rings is 1. The van der Waals surface area contributed by atoms with Crippen molar-refractivity contribution in [2.45, 2.75) is 51.4 Å². The van der Waals surface area contributed by atoms with Gasteiger partial charge in [0.1, 0.15) is 30.4 Å². The van der Waals surface area contributed by atoms with Crippen LogP contribution in [-0.4, -0.2) is 64.8 Å². The van der Waals surface area contributed by atoms with Crippen molar-refractivity contribution in [2.75, 3.05) is 40.8 Å². The SMILES string of the molecule is C=CC=O.CO.COCCCCCCOc1ccc(OC)cc1.CS.O=CC1CCC(C=O)CC1. The fourth-order valence-electron chi connectivity index (χ4n) is 2.98. The van der Waals surface area contributed by atoms with Crippen LogP contribution in [0.5, 0.6) is 11.5 Å². The second-order valence-electron chi connectivity index (χ2n) is 7.25. The number of methoxy groups -OCH3 is 2. The van der Waals surface area contributed by atoms with Crippen LogP contribution >= 0.6 is 12.6 Å². The third-order valence-electron chi connectivity index (χ3n) is 4.87. The molecule has 0 atom stereocenters. The summed E-state index contributed by atoms with van der Waals surface area (Å²) in [6, 6.07) is 7.69. The van der Waals surface area contributed by atoms with E-state index in [1.165, 1.54) is 18.9 Å².